The summed E-state index contributed by atoms with van der Waals surface area (Å²) in [5, 5.41) is 11.1. The van der Waals surface area contributed by atoms with E-state index in [0.29, 0.717) is 36.5 Å². The van der Waals surface area contributed by atoms with Gasteiger partial charge in [-0.25, -0.2) is 9.78 Å². The molecule has 208 valence electrons. The van der Waals surface area contributed by atoms with Crippen LogP contribution in [0.15, 0.2) is 41.2 Å². The third-order valence-corrected chi connectivity index (χ3v) is 6.84. The van der Waals surface area contributed by atoms with Gasteiger partial charge in [0.2, 0.25) is 5.91 Å². The quantitative estimate of drug-likeness (QED) is 0.530. The SMILES string of the molecule is Cc1noc(C)c1C(=O)N1CCC2(C1)c1cccn1-c1ncccc1N2CC(=O)N(C)C.O=C(O)C(F)(F)F. The summed E-state index contributed by atoms with van der Waals surface area (Å²) in [4.78, 5) is 45.4. The fraction of sp³-hybridized carbons (Fsp3) is 0.400. The minimum atomic E-state index is -5.08. The van der Waals surface area contributed by atoms with Crippen LogP contribution in [0.25, 0.3) is 5.82 Å². The molecule has 0 saturated carbocycles. The maximum absolute atomic E-state index is 13.4. The lowest BCUT2D eigenvalue weighted by Gasteiger charge is -2.46. The number of aryl methyl sites for hydroxylation is 2. The van der Waals surface area contributed by atoms with Gasteiger partial charge in [-0.15, -0.1) is 0 Å². The van der Waals surface area contributed by atoms with Gasteiger partial charge in [-0.05, 0) is 44.5 Å². The number of amides is 2. The number of likely N-dealkylation sites (tertiary alicyclic amines) is 1. The molecule has 0 bridgehead atoms. The van der Waals surface area contributed by atoms with Crippen molar-refractivity contribution in [3.05, 3.63) is 59.4 Å². The molecule has 14 heteroatoms. The number of anilines is 1. The van der Waals surface area contributed by atoms with Crippen LogP contribution in [0.2, 0.25) is 0 Å². The molecule has 2 aliphatic heterocycles. The Hall–Kier alpha value is -4.36. The molecule has 5 heterocycles. The lowest BCUT2D eigenvalue weighted by Crippen LogP contribution is -2.55. The van der Waals surface area contributed by atoms with Gasteiger partial charge in [0, 0.05) is 39.6 Å². The molecule has 1 spiro atoms. The van der Waals surface area contributed by atoms with Gasteiger partial charge < -0.3 is 28.9 Å². The van der Waals surface area contributed by atoms with Crippen molar-refractivity contribution in [2.75, 3.05) is 38.6 Å². The third-order valence-electron chi connectivity index (χ3n) is 6.84. The Morgan fingerprint density at radius 1 is 1.18 bits per heavy atom. The van der Waals surface area contributed by atoms with Gasteiger partial charge in [0.25, 0.3) is 5.91 Å². The third kappa shape index (κ3) is 4.93. The van der Waals surface area contributed by atoms with E-state index in [1.54, 1.807) is 39.0 Å². The molecule has 0 aliphatic carbocycles. The molecule has 11 nitrogen and oxygen atoms in total. The minimum Gasteiger partial charge on any atom is -0.475 e. The highest BCUT2D eigenvalue weighted by atomic mass is 19.4. The lowest BCUT2D eigenvalue weighted by atomic mass is 9.88. The summed E-state index contributed by atoms with van der Waals surface area (Å²) < 4.78 is 39.0. The number of hydrogen-bond donors (Lipinski definition) is 1. The number of carboxylic acids is 1. The van der Waals surface area contributed by atoms with E-state index in [-0.39, 0.29) is 18.4 Å². The number of carboxylic acid groups (broad SMARTS) is 1. The first kappa shape index (κ1) is 27.7. The van der Waals surface area contributed by atoms with Gasteiger partial charge in [-0.2, -0.15) is 13.2 Å². The van der Waals surface area contributed by atoms with Crippen molar-refractivity contribution >= 4 is 23.5 Å². The Morgan fingerprint density at radius 2 is 1.87 bits per heavy atom. The van der Waals surface area contributed by atoms with Gasteiger partial charge in [-0.3, -0.25) is 9.59 Å². The average molecular weight is 549 g/mol. The number of halogens is 3. The van der Waals surface area contributed by atoms with Crippen LogP contribution in [0, 0.1) is 13.8 Å². The second-order valence-electron chi connectivity index (χ2n) is 9.49. The van der Waals surface area contributed by atoms with Gasteiger partial charge in [0.05, 0.1) is 23.6 Å². The summed E-state index contributed by atoms with van der Waals surface area (Å²) in [6.07, 6.45) is -0.636. The second-order valence-corrected chi connectivity index (χ2v) is 9.49. The maximum Gasteiger partial charge on any atom is 0.490 e. The van der Waals surface area contributed by atoms with Crippen LogP contribution in [-0.2, 0) is 15.1 Å². The molecule has 2 amide bonds. The van der Waals surface area contributed by atoms with Crippen LogP contribution in [0.3, 0.4) is 0 Å². The fourth-order valence-corrected chi connectivity index (χ4v) is 4.95. The topological polar surface area (TPSA) is 125 Å². The number of likely N-dealkylation sites (N-methyl/N-ethyl adjacent to an activating group) is 1. The summed E-state index contributed by atoms with van der Waals surface area (Å²) in [5.41, 5.74) is 2.49. The molecular formula is C25H27F3N6O5. The van der Waals surface area contributed by atoms with E-state index >= 15 is 0 Å². The normalized spacial score (nSPS) is 17.8. The smallest absolute Gasteiger partial charge is 0.475 e. The first-order valence-corrected chi connectivity index (χ1v) is 11.9. The van der Waals surface area contributed by atoms with Crippen LogP contribution in [0.5, 0.6) is 0 Å². The highest BCUT2D eigenvalue weighted by Crippen LogP contribution is 2.47. The summed E-state index contributed by atoms with van der Waals surface area (Å²) in [6, 6.07) is 7.94. The van der Waals surface area contributed by atoms with E-state index in [2.05, 4.69) is 25.7 Å². The Balaban J connectivity index is 0.000000448. The molecule has 1 atom stereocenters. The molecule has 5 rings (SSSR count). The molecule has 0 radical (unpaired) electrons. The number of rotatable bonds is 3. The van der Waals surface area contributed by atoms with Crippen LogP contribution < -0.4 is 4.90 Å². The first-order chi connectivity index (χ1) is 18.3. The predicted octanol–water partition coefficient (Wildman–Crippen LogP) is 2.76. The number of aromatic nitrogens is 3. The van der Waals surface area contributed by atoms with Crippen molar-refractivity contribution < 1.29 is 37.2 Å². The molecule has 1 saturated heterocycles. The van der Waals surface area contributed by atoms with Crippen molar-refractivity contribution in [1.82, 2.24) is 24.5 Å². The zero-order valence-corrected chi connectivity index (χ0v) is 21.7. The van der Waals surface area contributed by atoms with Crippen molar-refractivity contribution in [2.45, 2.75) is 32.0 Å². The lowest BCUT2D eigenvalue weighted by molar-refractivity contribution is -0.192. The summed E-state index contributed by atoms with van der Waals surface area (Å²) in [7, 11) is 3.52. The Labute approximate surface area is 221 Å². The highest BCUT2D eigenvalue weighted by Gasteiger charge is 2.51. The van der Waals surface area contributed by atoms with E-state index in [1.165, 1.54) is 0 Å². The number of pyridine rings is 1. The molecule has 0 aromatic carbocycles. The molecule has 1 fully saturated rings. The number of alkyl halides is 3. The van der Waals surface area contributed by atoms with Crippen LogP contribution >= 0.6 is 0 Å². The average Bonchev–Trinajstić information content (AvgIpc) is 3.61. The highest BCUT2D eigenvalue weighted by molar-refractivity contribution is 5.96. The molecule has 3 aromatic heterocycles. The van der Waals surface area contributed by atoms with Crippen LogP contribution in [0.4, 0.5) is 18.9 Å². The van der Waals surface area contributed by atoms with Crippen molar-refractivity contribution in [1.29, 1.82) is 0 Å². The Bertz CT molecular complexity index is 1400. The minimum absolute atomic E-state index is 0.00492. The molecule has 1 unspecified atom stereocenters. The van der Waals surface area contributed by atoms with Crippen LogP contribution in [-0.4, -0.2) is 87.3 Å². The molecule has 2 aliphatic rings. The van der Waals surface area contributed by atoms with Crippen LogP contribution in [0.1, 0.15) is 33.9 Å². The molecular weight excluding hydrogens is 521 g/mol. The number of carbonyl (C=O) groups excluding carboxylic acids is 2. The van der Waals surface area contributed by atoms with E-state index in [4.69, 9.17) is 14.4 Å². The summed E-state index contributed by atoms with van der Waals surface area (Å²) >= 11 is 0. The monoisotopic (exact) mass is 548 g/mol. The molecule has 1 N–H and O–H groups in total. The number of hydrogen-bond acceptors (Lipinski definition) is 7. The molecule has 3 aromatic rings. The van der Waals surface area contributed by atoms with Gasteiger partial charge >= 0.3 is 12.1 Å². The van der Waals surface area contributed by atoms with Crippen molar-refractivity contribution in [2.24, 2.45) is 0 Å². The zero-order valence-electron chi connectivity index (χ0n) is 21.7. The van der Waals surface area contributed by atoms with E-state index < -0.39 is 17.7 Å². The number of aliphatic carboxylic acids is 1. The fourth-order valence-electron chi connectivity index (χ4n) is 4.95. The van der Waals surface area contributed by atoms with Crippen molar-refractivity contribution in [3.8, 4) is 5.82 Å². The largest absolute Gasteiger partial charge is 0.490 e. The Kier molecular flexibility index (Phi) is 7.15. The van der Waals surface area contributed by atoms with Gasteiger partial charge in [0.1, 0.15) is 16.9 Å². The summed E-state index contributed by atoms with van der Waals surface area (Å²) in [6.45, 7) is 4.76. The standard InChI is InChI=1S/C23H26N6O3.C2HF3O2/c1-15-20(16(2)32-25-15)22(31)27-12-9-23(14-27)18-8-6-11-28(18)21-17(7-5-10-24-21)29(23)13-19(30)26(3)4;3-2(4,5)1(6)7/h5-8,10-11H,9,12-14H2,1-4H3;(H,6,7). The second kappa shape index (κ2) is 10.1. The zero-order chi connectivity index (χ0) is 28.7. The predicted molar refractivity (Wildman–Crippen MR) is 131 cm³/mol. The number of nitrogens with zero attached hydrogens (tertiary/aromatic N) is 6. The van der Waals surface area contributed by atoms with E-state index in [9.17, 15) is 22.8 Å². The first-order valence-electron chi connectivity index (χ1n) is 11.9. The van der Waals surface area contributed by atoms with Crippen molar-refractivity contribution in [3.63, 3.8) is 0 Å². The summed E-state index contributed by atoms with van der Waals surface area (Å²) in [5.74, 6) is -1.54. The van der Waals surface area contributed by atoms with Gasteiger partial charge in [-0.1, -0.05) is 5.16 Å². The Morgan fingerprint density at radius 3 is 2.46 bits per heavy atom. The van der Waals surface area contributed by atoms with Gasteiger partial charge in [0.15, 0.2) is 5.82 Å². The van der Waals surface area contributed by atoms with E-state index in [1.807, 2.05) is 29.3 Å². The molecule has 39 heavy (non-hydrogen) atoms. The number of fused-ring (bicyclic) bond motifs is 4. The number of carbonyl (C=O) groups is 3. The van der Waals surface area contributed by atoms with E-state index in [0.717, 1.165) is 17.2 Å². The maximum atomic E-state index is 13.4.